The number of nitrogens with zero attached hydrogens (tertiary/aromatic N) is 2. The second kappa shape index (κ2) is 6.53. The molecule has 0 unspecified atom stereocenters. The van der Waals surface area contributed by atoms with Crippen LogP contribution in [0.4, 0.5) is 5.69 Å². The molecule has 0 atom stereocenters. The molecule has 1 heterocycles. The summed E-state index contributed by atoms with van der Waals surface area (Å²) in [4.78, 5) is 24.4. The van der Waals surface area contributed by atoms with Gasteiger partial charge in [-0.05, 0) is 30.9 Å². The quantitative estimate of drug-likeness (QED) is 0.675. The zero-order chi connectivity index (χ0) is 15.4. The number of piperidine rings is 1. The van der Waals surface area contributed by atoms with Gasteiger partial charge in [0.2, 0.25) is 0 Å². The Labute approximate surface area is 122 Å². The Morgan fingerprint density at radius 1 is 1.48 bits per heavy atom. The number of nitro groups is 1. The highest BCUT2D eigenvalue weighted by atomic mass is 16.6. The van der Waals surface area contributed by atoms with E-state index in [1.807, 2.05) is 0 Å². The Morgan fingerprint density at radius 2 is 2.14 bits per heavy atom. The molecule has 0 spiro atoms. The minimum Gasteiger partial charge on any atom is -0.508 e. The first kappa shape index (κ1) is 15.2. The van der Waals surface area contributed by atoms with Crippen molar-refractivity contribution in [3.05, 3.63) is 33.9 Å². The van der Waals surface area contributed by atoms with Crippen LogP contribution in [0, 0.1) is 16.0 Å². The Bertz CT molecular complexity index is 538. The predicted molar refractivity (Wildman–Crippen MR) is 75.3 cm³/mol. The van der Waals surface area contributed by atoms with Gasteiger partial charge in [-0.2, -0.15) is 0 Å². The largest absolute Gasteiger partial charge is 0.508 e. The topological polar surface area (TPSA) is 92.9 Å². The number of ether oxygens (including phenoxy) is 1. The van der Waals surface area contributed by atoms with E-state index >= 15 is 0 Å². The van der Waals surface area contributed by atoms with Crippen LogP contribution in [0.1, 0.15) is 23.2 Å². The summed E-state index contributed by atoms with van der Waals surface area (Å²) < 4.78 is 5.10. The standard InChI is InChI=1S/C14H18N2O5/c1-21-9-10-4-6-15(7-5-10)14(18)12-8-11(17)2-3-13(12)16(19)20/h2-3,8,10,17H,4-7,9H2,1H3. The molecule has 7 heteroatoms. The van der Waals surface area contributed by atoms with Crippen molar-refractivity contribution >= 4 is 11.6 Å². The molecule has 0 radical (unpaired) electrons. The van der Waals surface area contributed by atoms with E-state index in [4.69, 9.17) is 4.74 Å². The van der Waals surface area contributed by atoms with Gasteiger partial charge in [-0.15, -0.1) is 0 Å². The lowest BCUT2D eigenvalue weighted by molar-refractivity contribution is -0.385. The van der Waals surface area contributed by atoms with E-state index in [0.717, 1.165) is 25.0 Å². The summed E-state index contributed by atoms with van der Waals surface area (Å²) >= 11 is 0. The van der Waals surface area contributed by atoms with Crippen LogP contribution >= 0.6 is 0 Å². The zero-order valence-corrected chi connectivity index (χ0v) is 11.8. The predicted octanol–water partition coefficient (Wildman–Crippen LogP) is 1.80. The number of likely N-dealkylation sites (tertiary alicyclic amines) is 1. The van der Waals surface area contributed by atoms with Crippen molar-refractivity contribution in [1.82, 2.24) is 4.90 Å². The Kier molecular flexibility index (Phi) is 4.74. The summed E-state index contributed by atoms with van der Waals surface area (Å²) in [6.07, 6.45) is 1.62. The number of nitro benzene ring substituents is 1. The van der Waals surface area contributed by atoms with E-state index in [-0.39, 0.29) is 17.0 Å². The average molecular weight is 294 g/mol. The third-order valence-electron chi connectivity index (χ3n) is 3.71. The van der Waals surface area contributed by atoms with E-state index in [9.17, 15) is 20.0 Å². The molecule has 21 heavy (non-hydrogen) atoms. The number of carbonyl (C=O) groups is 1. The molecule has 1 N–H and O–H groups in total. The van der Waals surface area contributed by atoms with Crippen LogP contribution in [-0.2, 0) is 4.74 Å². The fourth-order valence-electron chi connectivity index (χ4n) is 2.56. The molecule has 0 bridgehead atoms. The number of amides is 1. The summed E-state index contributed by atoms with van der Waals surface area (Å²) in [5.74, 6) is -0.148. The van der Waals surface area contributed by atoms with Crippen LogP contribution in [0.2, 0.25) is 0 Å². The van der Waals surface area contributed by atoms with Gasteiger partial charge in [-0.1, -0.05) is 0 Å². The lowest BCUT2D eigenvalue weighted by atomic mass is 9.97. The van der Waals surface area contributed by atoms with E-state index in [1.165, 1.54) is 6.07 Å². The SMILES string of the molecule is COCC1CCN(C(=O)c2cc(O)ccc2[N+](=O)[O-])CC1. The molecule has 7 nitrogen and oxygen atoms in total. The number of carbonyl (C=O) groups excluding carboxylic acids is 1. The van der Waals surface area contributed by atoms with Gasteiger partial charge in [0, 0.05) is 32.9 Å². The molecule has 1 saturated heterocycles. The second-order valence-corrected chi connectivity index (χ2v) is 5.15. The third kappa shape index (κ3) is 3.49. The molecule has 1 aromatic carbocycles. The van der Waals surface area contributed by atoms with Crippen molar-refractivity contribution in [1.29, 1.82) is 0 Å². The third-order valence-corrected chi connectivity index (χ3v) is 3.71. The minimum absolute atomic E-state index is 0.0646. The Balaban J connectivity index is 2.14. The molecular weight excluding hydrogens is 276 g/mol. The van der Waals surface area contributed by atoms with Crippen molar-refractivity contribution < 1.29 is 19.6 Å². The summed E-state index contributed by atoms with van der Waals surface area (Å²) in [6, 6.07) is 3.52. The van der Waals surface area contributed by atoms with Crippen molar-refractivity contribution in [2.24, 2.45) is 5.92 Å². The first-order valence-electron chi connectivity index (χ1n) is 6.78. The van der Waals surface area contributed by atoms with Crippen LogP contribution in [-0.4, -0.2) is 47.6 Å². The molecule has 1 aliphatic heterocycles. The van der Waals surface area contributed by atoms with Gasteiger partial charge < -0.3 is 14.7 Å². The Morgan fingerprint density at radius 3 is 2.71 bits per heavy atom. The van der Waals surface area contributed by atoms with Crippen LogP contribution in [0.15, 0.2) is 18.2 Å². The van der Waals surface area contributed by atoms with Crippen molar-refractivity contribution in [3.63, 3.8) is 0 Å². The van der Waals surface area contributed by atoms with Gasteiger partial charge in [0.15, 0.2) is 0 Å². The number of methoxy groups -OCH3 is 1. The molecule has 1 aliphatic rings. The normalized spacial score (nSPS) is 16.0. The van der Waals surface area contributed by atoms with Crippen LogP contribution in [0.5, 0.6) is 5.75 Å². The van der Waals surface area contributed by atoms with Crippen LogP contribution in [0.3, 0.4) is 0 Å². The molecule has 0 aliphatic carbocycles. The van der Waals surface area contributed by atoms with E-state index < -0.39 is 10.8 Å². The molecule has 0 saturated carbocycles. The summed E-state index contributed by atoms with van der Waals surface area (Å²) in [6.45, 7) is 1.74. The smallest absolute Gasteiger partial charge is 0.282 e. The number of hydrogen-bond acceptors (Lipinski definition) is 5. The number of aromatic hydroxyl groups is 1. The zero-order valence-electron chi connectivity index (χ0n) is 11.8. The molecule has 2 rings (SSSR count). The molecular formula is C14H18N2O5. The summed E-state index contributed by atoms with van der Waals surface area (Å²) in [5, 5.41) is 20.5. The number of phenols is 1. The van der Waals surface area contributed by atoms with E-state index in [1.54, 1.807) is 12.0 Å². The lowest BCUT2D eigenvalue weighted by Gasteiger charge is -2.31. The maximum atomic E-state index is 12.4. The average Bonchev–Trinajstić information content (AvgIpc) is 2.47. The molecule has 1 fully saturated rings. The fourth-order valence-corrected chi connectivity index (χ4v) is 2.56. The van der Waals surface area contributed by atoms with E-state index in [2.05, 4.69) is 0 Å². The Hall–Kier alpha value is -2.15. The van der Waals surface area contributed by atoms with Gasteiger partial charge in [0.1, 0.15) is 11.3 Å². The molecule has 1 aromatic rings. The van der Waals surface area contributed by atoms with Gasteiger partial charge in [0.25, 0.3) is 11.6 Å². The van der Waals surface area contributed by atoms with E-state index in [0.29, 0.717) is 25.6 Å². The van der Waals surface area contributed by atoms with Crippen molar-refractivity contribution in [3.8, 4) is 5.75 Å². The van der Waals surface area contributed by atoms with Crippen molar-refractivity contribution in [2.75, 3.05) is 26.8 Å². The number of benzene rings is 1. The maximum absolute atomic E-state index is 12.4. The maximum Gasteiger partial charge on any atom is 0.282 e. The highest BCUT2D eigenvalue weighted by molar-refractivity contribution is 5.98. The first-order chi connectivity index (χ1) is 10.0. The monoisotopic (exact) mass is 294 g/mol. The minimum atomic E-state index is -0.607. The summed E-state index contributed by atoms with van der Waals surface area (Å²) in [7, 11) is 1.65. The molecule has 114 valence electrons. The molecule has 0 aromatic heterocycles. The van der Waals surface area contributed by atoms with Gasteiger partial charge in [0.05, 0.1) is 4.92 Å². The number of phenolic OH excluding ortho intramolecular Hbond substituents is 1. The molecule has 1 amide bonds. The fraction of sp³-hybridized carbons (Fsp3) is 0.500. The highest BCUT2D eigenvalue weighted by Crippen LogP contribution is 2.26. The summed E-state index contributed by atoms with van der Waals surface area (Å²) in [5.41, 5.74) is -0.345. The lowest BCUT2D eigenvalue weighted by Crippen LogP contribution is -2.39. The first-order valence-corrected chi connectivity index (χ1v) is 6.78. The number of hydrogen-bond donors (Lipinski definition) is 1. The second-order valence-electron chi connectivity index (χ2n) is 5.15. The highest BCUT2D eigenvalue weighted by Gasteiger charge is 2.28. The van der Waals surface area contributed by atoms with Gasteiger partial charge in [-0.3, -0.25) is 14.9 Å². The van der Waals surface area contributed by atoms with Crippen LogP contribution in [0.25, 0.3) is 0 Å². The van der Waals surface area contributed by atoms with Gasteiger partial charge in [-0.25, -0.2) is 0 Å². The van der Waals surface area contributed by atoms with Crippen molar-refractivity contribution in [2.45, 2.75) is 12.8 Å². The van der Waals surface area contributed by atoms with Crippen LogP contribution < -0.4 is 0 Å². The number of rotatable bonds is 4. The van der Waals surface area contributed by atoms with Gasteiger partial charge >= 0.3 is 0 Å².